The largest absolute Gasteiger partial charge is 0.260 e. The van der Waals surface area contributed by atoms with Crippen LogP contribution in [0.4, 0.5) is 13.2 Å². The quantitative estimate of drug-likeness (QED) is 0.498. The summed E-state index contributed by atoms with van der Waals surface area (Å²) in [6.07, 6.45) is -0.600. The highest BCUT2D eigenvalue weighted by atomic mass is 32.2. The summed E-state index contributed by atoms with van der Waals surface area (Å²) in [5.74, 6) is -3.10. The summed E-state index contributed by atoms with van der Waals surface area (Å²) in [6, 6.07) is 0. The maximum atomic E-state index is 11.9. The smallest absolute Gasteiger partial charge is 0.235 e. The molecule has 0 aromatic rings. The molecule has 1 saturated heterocycles. The number of thioether (sulfide) groups is 1. The van der Waals surface area contributed by atoms with E-state index in [9.17, 15) is 13.2 Å². The molecule has 0 aromatic heterocycles. The average molecular weight is 142 g/mol. The van der Waals surface area contributed by atoms with E-state index >= 15 is 0 Å². The molecule has 0 nitrogen and oxygen atoms in total. The summed E-state index contributed by atoms with van der Waals surface area (Å²) < 4.78 is 35.8. The van der Waals surface area contributed by atoms with E-state index in [-0.39, 0.29) is 5.75 Å². The Kier molecular flexibility index (Phi) is 1.43. The number of halogens is 3. The monoisotopic (exact) mass is 142 g/mol. The summed E-state index contributed by atoms with van der Waals surface area (Å²) in [5.41, 5.74) is -1.34. The molecule has 0 amide bonds. The molecule has 48 valence electrons. The van der Waals surface area contributed by atoms with Gasteiger partial charge in [0.1, 0.15) is 0 Å². The SMILES string of the molecule is FC1CC(F)(F)CS1. The minimum atomic E-state index is -2.75. The Morgan fingerprint density at radius 3 is 2.25 bits per heavy atom. The van der Waals surface area contributed by atoms with Gasteiger partial charge in [-0.15, -0.1) is 11.8 Å². The van der Waals surface area contributed by atoms with Crippen molar-refractivity contribution in [2.45, 2.75) is 17.8 Å². The van der Waals surface area contributed by atoms with Crippen LogP contribution in [-0.2, 0) is 0 Å². The van der Waals surface area contributed by atoms with E-state index in [0.29, 0.717) is 11.8 Å². The van der Waals surface area contributed by atoms with Crippen molar-refractivity contribution < 1.29 is 13.2 Å². The zero-order chi connectivity index (χ0) is 6.20. The molecule has 1 aliphatic heterocycles. The summed E-state index contributed by atoms with van der Waals surface area (Å²) in [6.45, 7) is 0. The van der Waals surface area contributed by atoms with Crippen molar-refractivity contribution in [2.24, 2.45) is 0 Å². The van der Waals surface area contributed by atoms with E-state index in [4.69, 9.17) is 0 Å². The first-order valence-electron chi connectivity index (χ1n) is 2.24. The van der Waals surface area contributed by atoms with Crippen LogP contribution < -0.4 is 0 Å². The fourth-order valence-corrected chi connectivity index (χ4v) is 1.47. The molecule has 1 heterocycles. The van der Waals surface area contributed by atoms with Crippen molar-refractivity contribution >= 4 is 11.8 Å². The molecule has 0 saturated carbocycles. The van der Waals surface area contributed by atoms with Gasteiger partial charge in [0.05, 0.1) is 12.2 Å². The van der Waals surface area contributed by atoms with Gasteiger partial charge in [0.25, 0.3) is 5.92 Å². The van der Waals surface area contributed by atoms with Gasteiger partial charge in [-0.25, -0.2) is 13.2 Å². The second-order valence-corrected chi connectivity index (χ2v) is 2.91. The second kappa shape index (κ2) is 1.83. The van der Waals surface area contributed by atoms with Crippen molar-refractivity contribution in [2.75, 3.05) is 5.75 Å². The Bertz CT molecular complexity index is 93.3. The molecule has 0 bridgehead atoms. The first-order chi connectivity index (χ1) is 3.60. The van der Waals surface area contributed by atoms with E-state index < -0.39 is 17.8 Å². The van der Waals surface area contributed by atoms with Crippen molar-refractivity contribution in [3.63, 3.8) is 0 Å². The molecule has 1 atom stereocenters. The van der Waals surface area contributed by atoms with Gasteiger partial charge < -0.3 is 0 Å². The lowest BCUT2D eigenvalue weighted by Crippen LogP contribution is -2.13. The van der Waals surface area contributed by atoms with E-state index in [1.165, 1.54) is 0 Å². The third-order valence-corrected chi connectivity index (χ3v) is 2.05. The predicted octanol–water partition coefficient (Wildman–Crippen LogP) is 2.05. The average Bonchev–Trinajstić information content (AvgIpc) is 1.82. The van der Waals surface area contributed by atoms with Gasteiger partial charge in [0.15, 0.2) is 5.50 Å². The number of hydrogen-bond acceptors (Lipinski definition) is 1. The predicted molar refractivity (Wildman–Crippen MR) is 26.9 cm³/mol. The van der Waals surface area contributed by atoms with Crippen molar-refractivity contribution in [1.82, 2.24) is 0 Å². The normalized spacial score (nSPS) is 35.6. The van der Waals surface area contributed by atoms with Crippen molar-refractivity contribution in [1.29, 1.82) is 0 Å². The van der Waals surface area contributed by atoms with Gasteiger partial charge in [0.2, 0.25) is 0 Å². The third-order valence-electron chi connectivity index (χ3n) is 0.934. The van der Waals surface area contributed by atoms with Crippen LogP contribution in [0.2, 0.25) is 0 Å². The van der Waals surface area contributed by atoms with E-state index in [2.05, 4.69) is 0 Å². The molecule has 4 heteroatoms. The Morgan fingerprint density at radius 1 is 1.50 bits per heavy atom. The lowest BCUT2D eigenvalue weighted by molar-refractivity contribution is 0.0175. The first kappa shape index (κ1) is 6.26. The highest BCUT2D eigenvalue weighted by Gasteiger charge is 2.40. The van der Waals surface area contributed by atoms with Crippen molar-refractivity contribution in [3.8, 4) is 0 Å². The third kappa shape index (κ3) is 1.31. The minimum Gasteiger partial charge on any atom is -0.235 e. The van der Waals surface area contributed by atoms with Crippen LogP contribution in [0.25, 0.3) is 0 Å². The molecule has 0 N–H and O–H groups in total. The molecule has 8 heavy (non-hydrogen) atoms. The first-order valence-corrected chi connectivity index (χ1v) is 3.28. The van der Waals surface area contributed by atoms with Gasteiger partial charge in [-0.2, -0.15) is 0 Å². The Labute approximate surface area is 49.4 Å². The molecular formula is C4H5F3S. The lowest BCUT2D eigenvalue weighted by atomic mass is 10.3. The molecule has 0 aliphatic carbocycles. The molecule has 1 fully saturated rings. The number of hydrogen-bond donors (Lipinski definition) is 0. The molecule has 1 aliphatic rings. The maximum absolute atomic E-state index is 11.9. The molecule has 1 rings (SSSR count). The zero-order valence-corrected chi connectivity index (χ0v) is 4.85. The summed E-state index contributed by atoms with van der Waals surface area (Å²) >= 11 is 0.687. The number of rotatable bonds is 0. The standard InChI is InChI=1S/C4H5F3S/c5-3-1-4(6,7)2-8-3/h3H,1-2H2. The minimum absolute atomic E-state index is 0.353. The second-order valence-electron chi connectivity index (χ2n) is 1.78. The van der Waals surface area contributed by atoms with Gasteiger partial charge in [0, 0.05) is 0 Å². The van der Waals surface area contributed by atoms with E-state index in [0.717, 1.165) is 0 Å². The maximum Gasteiger partial charge on any atom is 0.260 e. The van der Waals surface area contributed by atoms with Crippen LogP contribution in [0.15, 0.2) is 0 Å². The Balaban J connectivity index is 2.44. The van der Waals surface area contributed by atoms with Crippen LogP contribution in [0, 0.1) is 0 Å². The summed E-state index contributed by atoms with van der Waals surface area (Å²) in [4.78, 5) is 0. The lowest BCUT2D eigenvalue weighted by Gasteiger charge is -2.02. The fraction of sp³-hybridized carbons (Fsp3) is 1.00. The van der Waals surface area contributed by atoms with Crippen LogP contribution in [0.5, 0.6) is 0 Å². The summed E-state index contributed by atoms with van der Waals surface area (Å²) in [5, 5.41) is 0. The van der Waals surface area contributed by atoms with E-state index in [1.54, 1.807) is 0 Å². The summed E-state index contributed by atoms with van der Waals surface area (Å²) in [7, 11) is 0. The molecule has 1 unspecified atom stereocenters. The highest BCUT2D eigenvalue weighted by Crippen LogP contribution is 2.38. The zero-order valence-electron chi connectivity index (χ0n) is 4.03. The molecule has 0 spiro atoms. The van der Waals surface area contributed by atoms with Gasteiger partial charge in [-0.1, -0.05) is 0 Å². The fourth-order valence-electron chi connectivity index (χ4n) is 0.565. The Morgan fingerprint density at radius 2 is 2.12 bits per heavy atom. The van der Waals surface area contributed by atoms with E-state index in [1.807, 2.05) is 0 Å². The van der Waals surface area contributed by atoms with Crippen LogP contribution in [0.1, 0.15) is 6.42 Å². The highest BCUT2D eigenvalue weighted by molar-refractivity contribution is 8.00. The van der Waals surface area contributed by atoms with Gasteiger partial charge >= 0.3 is 0 Å². The topological polar surface area (TPSA) is 0 Å². The van der Waals surface area contributed by atoms with Gasteiger partial charge in [-0.05, 0) is 0 Å². The number of alkyl halides is 3. The molecule has 0 radical (unpaired) electrons. The van der Waals surface area contributed by atoms with Crippen LogP contribution in [-0.4, -0.2) is 17.2 Å². The van der Waals surface area contributed by atoms with Crippen LogP contribution >= 0.6 is 11.8 Å². The Hall–Kier alpha value is 0.140. The molecular weight excluding hydrogens is 137 g/mol. The van der Waals surface area contributed by atoms with Crippen molar-refractivity contribution in [3.05, 3.63) is 0 Å². The molecule has 0 aromatic carbocycles. The van der Waals surface area contributed by atoms with Gasteiger partial charge in [-0.3, -0.25) is 0 Å². The van der Waals surface area contributed by atoms with Crippen LogP contribution in [0.3, 0.4) is 0 Å².